The van der Waals surface area contributed by atoms with E-state index in [9.17, 15) is 15.2 Å². The Hall–Kier alpha value is -1.21. The Balaban J connectivity index is 2.50. The van der Waals surface area contributed by atoms with Crippen LogP contribution in [0.4, 0.5) is 5.69 Å². The van der Waals surface area contributed by atoms with Crippen LogP contribution in [0.25, 0.3) is 0 Å². The van der Waals surface area contributed by atoms with Gasteiger partial charge in [-0.25, -0.2) is 0 Å². The fourth-order valence-corrected chi connectivity index (χ4v) is 1.66. The quantitative estimate of drug-likeness (QED) is 0.579. The molecule has 0 fully saturated rings. The standard InChI is InChI=1S/C11H15ClN2O4/c1-18-7-10(15)6-13-5-8-2-3-9(14(16)17)4-11(8)12/h2-4,10,13,15H,5-7H2,1H3. The summed E-state index contributed by atoms with van der Waals surface area (Å²) < 4.78 is 4.78. The van der Waals surface area contributed by atoms with Crippen LogP contribution < -0.4 is 5.32 Å². The van der Waals surface area contributed by atoms with Gasteiger partial charge in [-0.1, -0.05) is 11.6 Å². The molecule has 0 aliphatic rings. The van der Waals surface area contributed by atoms with Crippen molar-refractivity contribution in [1.82, 2.24) is 5.32 Å². The summed E-state index contributed by atoms with van der Waals surface area (Å²) in [7, 11) is 1.51. The number of aliphatic hydroxyl groups is 1. The molecule has 1 rings (SSSR count). The van der Waals surface area contributed by atoms with Crippen LogP contribution in [0, 0.1) is 10.1 Å². The second-order valence-corrected chi connectivity index (χ2v) is 4.18. The molecule has 2 N–H and O–H groups in total. The number of hydrogen-bond donors (Lipinski definition) is 2. The molecule has 0 saturated carbocycles. The highest BCUT2D eigenvalue weighted by molar-refractivity contribution is 6.31. The van der Waals surface area contributed by atoms with Crippen LogP contribution in [0.15, 0.2) is 18.2 Å². The molecule has 100 valence electrons. The van der Waals surface area contributed by atoms with E-state index in [1.807, 2.05) is 0 Å². The van der Waals surface area contributed by atoms with Gasteiger partial charge in [0.15, 0.2) is 0 Å². The number of non-ortho nitro benzene ring substituents is 1. The van der Waals surface area contributed by atoms with E-state index in [2.05, 4.69) is 5.32 Å². The van der Waals surface area contributed by atoms with Crippen LogP contribution in [-0.2, 0) is 11.3 Å². The van der Waals surface area contributed by atoms with Crippen molar-refractivity contribution < 1.29 is 14.8 Å². The summed E-state index contributed by atoms with van der Waals surface area (Å²) in [6.07, 6.45) is -0.591. The van der Waals surface area contributed by atoms with Gasteiger partial charge in [0.2, 0.25) is 0 Å². The number of ether oxygens (including phenoxy) is 1. The second kappa shape index (κ2) is 7.27. The highest BCUT2D eigenvalue weighted by Gasteiger charge is 2.09. The largest absolute Gasteiger partial charge is 0.389 e. The van der Waals surface area contributed by atoms with E-state index in [0.29, 0.717) is 18.1 Å². The number of benzene rings is 1. The lowest BCUT2D eigenvalue weighted by Crippen LogP contribution is -2.29. The topological polar surface area (TPSA) is 84.6 Å². The fourth-order valence-electron chi connectivity index (χ4n) is 1.42. The molecule has 6 nitrogen and oxygen atoms in total. The Bertz CT molecular complexity index is 414. The summed E-state index contributed by atoms with van der Waals surface area (Å²) in [5, 5.41) is 23.3. The molecule has 0 radical (unpaired) electrons. The molecule has 7 heteroatoms. The first kappa shape index (κ1) is 14.8. The molecule has 1 unspecified atom stereocenters. The predicted molar refractivity (Wildman–Crippen MR) is 67.7 cm³/mol. The zero-order chi connectivity index (χ0) is 13.5. The lowest BCUT2D eigenvalue weighted by molar-refractivity contribution is -0.384. The molecule has 0 aromatic heterocycles. The molecule has 0 saturated heterocycles. The van der Waals surface area contributed by atoms with Crippen molar-refractivity contribution in [3.8, 4) is 0 Å². The molecule has 0 amide bonds. The highest BCUT2D eigenvalue weighted by atomic mass is 35.5. The van der Waals surface area contributed by atoms with Crippen LogP contribution in [0.5, 0.6) is 0 Å². The number of nitro groups is 1. The third kappa shape index (κ3) is 4.58. The minimum Gasteiger partial charge on any atom is -0.389 e. The highest BCUT2D eigenvalue weighted by Crippen LogP contribution is 2.22. The average Bonchev–Trinajstić information content (AvgIpc) is 2.31. The number of aliphatic hydroxyl groups excluding tert-OH is 1. The minimum absolute atomic E-state index is 0.0387. The van der Waals surface area contributed by atoms with Crippen molar-refractivity contribution in [2.45, 2.75) is 12.6 Å². The van der Waals surface area contributed by atoms with Gasteiger partial charge in [-0.3, -0.25) is 10.1 Å². The fraction of sp³-hybridized carbons (Fsp3) is 0.455. The Morgan fingerprint density at radius 3 is 2.89 bits per heavy atom. The summed E-state index contributed by atoms with van der Waals surface area (Å²) in [5.41, 5.74) is 0.704. The van der Waals surface area contributed by atoms with Gasteiger partial charge in [-0.05, 0) is 11.6 Å². The SMILES string of the molecule is COCC(O)CNCc1ccc([N+](=O)[O-])cc1Cl. The van der Waals surface area contributed by atoms with Gasteiger partial charge in [0.1, 0.15) is 0 Å². The summed E-state index contributed by atoms with van der Waals surface area (Å²) >= 11 is 5.92. The van der Waals surface area contributed by atoms with E-state index in [4.69, 9.17) is 16.3 Å². The van der Waals surface area contributed by atoms with E-state index in [0.717, 1.165) is 5.56 Å². The maximum Gasteiger partial charge on any atom is 0.270 e. The van der Waals surface area contributed by atoms with Gasteiger partial charge in [-0.2, -0.15) is 0 Å². The maximum atomic E-state index is 10.5. The minimum atomic E-state index is -0.591. The molecule has 18 heavy (non-hydrogen) atoms. The lowest BCUT2D eigenvalue weighted by Gasteiger charge is -2.11. The van der Waals surface area contributed by atoms with Crippen LogP contribution in [-0.4, -0.2) is 36.4 Å². The predicted octanol–water partition coefficient (Wildman–Crippen LogP) is 1.35. The van der Waals surface area contributed by atoms with Crippen LogP contribution >= 0.6 is 11.6 Å². The number of rotatable bonds is 7. The summed E-state index contributed by atoms with van der Waals surface area (Å²) in [6.45, 7) is 1.04. The molecular formula is C11H15ClN2O4. The van der Waals surface area contributed by atoms with E-state index in [1.54, 1.807) is 6.07 Å². The van der Waals surface area contributed by atoms with Gasteiger partial charge in [0.25, 0.3) is 5.69 Å². The Morgan fingerprint density at radius 2 is 2.33 bits per heavy atom. The van der Waals surface area contributed by atoms with Gasteiger partial charge < -0.3 is 15.2 Å². The number of hydrogen-bond acceptors (Lipinski definition) is 5. The van der Waals surface area contributed by atoms with Gasteiger partial charge >= 0.3 is 0 Å². The first-order valence-electron chi connectivity index (χ1n) is 5.35. The molecule has 1 aromatic carbocycles. The average molecular weight is 275 g/mol. The number of nitrogens with one attached hydrogen (secondary N) is 1. The van der Waals surface area contributed by atoms with Crippen LogP contribution in [0.2, 0.25) is 5.02 Å². The van der Waals surface area contributed by atoms with Crippen molar-refractivity contribution in [3.63, 3.8) is 0 Å². The van der Waals surface area contributed by atoms with E-state index >= 15 is 0 Å². The van der Waals surface area contributed by atoms with Crippen molar-refractivity contribution in [3.05, 3.63) is 38.9 Å². The number of nitro benzene ring substituents is 1. The summed E-state index contributed by atoms with van der Waals surface area (Å²) in [4.78, 5) is 10.0. The second-order valence-electron chi connectivity index (χ2n) is 3.77. The van der Waals surface area contributed by atoms with Gasteiger partial charge in [-0.15, -0.1) is 0 Å². The summed E-state index contributed by atoms with van der Waals surface area (Å²) in [5.74, 6) is 0. The van der Waals surface area contributed by atoms with Crippen molar-refractivity contribution in [2.24, 2.45) is 0 Å². The molecule has 0 heterocycles. The van der Waals surface area contributed by atoms with E-state index in [1.165, 1.54) is 19.2 Å². The molecular weight excluding hydrogens is 260 g/mol. The molecule has 0 spiro atoms. The van der Waals surface area contributed by atoms with Crippen molar-refractivity contribution in [2.75, 3.05) is 20.3 Å². The third-order valence-electron chi connectivity index (χ3n) is 2.30. The zero-order valence-electron chi connectivity index (χ0n) is 9.93. The van der Waals surface area contributed by atoms with E-state index in [-0.39, 0.29) is 12.3 Å². The molecule has 0 aliphatic heterocycles. The van der Waals surface area contributed by atoms with Crippen molar-refractivity contribution >= 4 is 17.3 Å². The Morgan fingerprint density at radius 1 is 1.61 bits per heavy atom. The summed E-state index contributed by atoms with van der Waals surface area (Å²) in [6, 6.07) is 4.30. The van der Waals surface area contributed by atoms with Crippen LogP contribution in [0.1, 0.15) is 5.56 Å². The van der Waals surface area contributed by atoms with E-state index < -0.39 is 11.0 Å². The normalized spacial score (nSPS) is 12.4. The molecule has 0 aliphatic carbocycles. The molecule has 1 atom stereocenters. The first-order valence-corrected chi connectivity index (χ1v) is 5.73. The van der Waals surface area contributed by atoms with Gasteiger partial charge in [0, 0.05) is 32.3 Å². The first-order chi connectivity index (χ1) is 8.54. The monoisotopic (exact) mass is 274 g/mol. The number of halogens is 1. The Labute approximate surface area is 110 Å². The third-order valence-corrected chi connectivity index (χ3v) is 2.65. The Kier molecular flexibility index (Phi) is 6.00. The number of nitrogens with zero attached hydrogens (tertiary/aromatic N) is 1. The zero-order valence-corrected chi connectivity index (χ0v) is 10.7. The molecule has 1 aromatic rings. The maximum absolute atomic E-state index is 10.5. The molecule has 0 bridgehead atoms. The van der Waals surface area contributed by atoms with Crippen LogP contribution in [0.3, 0.4) is 0 Å². The number of methoxy groups -OCH3 is 1. The van der Waals surface area contributed by atoms with Crippen molar-refractivity contribution in [1.29, 1.82) is 0 Å². The van der Waals surface area contributed by atoms with Gasteiger partial charge in [0.05, 0.1) is 22.7 Å². The smallest absolute Gasteiger partial charge is 0.270 e. The lowest BCUT2D eigenvalue weighted by atomic mass is 10.2.